The first-order chi connectivity index (χ1) is 14.6. The third-order valence-corrected chi connectivity index (χ3v) is 7.05. The van der Waals surface area contributed by atoms with Gasteiger partial charge in [0, 0.05) is 25.2 Å². The normalized spacial score (nSPS) is 19.6. The van der Waals surface area contributed by atoms with Crippen molar-refractivity contribution in [1.82, 2.24) is 0 Å². The van der Waals surface area contributed by atoms with Crippen molar-refractivity contribution in [2.24, 2.45) is 0 Å². The van der Waals surface area contributed by atoms with E-state index in [9.17, 15) is 0 Å². The first-order valence-corrected chi connectivity index (χ1v) is 11.4. The summed E-state index contributed by atoms with van der Waals surface area (Å²) < 4.78 is 0.898. The van der Waals surface area contributed by atoms with Crippen molar-refractivity contribution >= 4 is 11.3 Å². The average molecular weight is 414 g/mol. The van der Waals surface area contributed by atoms with E-state index in [1.165, 1.54) is 44.7 Å². The Balaban J connectivity index is 2.07. The summed E-state index contributed by atoms with van der Waals surface area (Å²) in [4.78, 5) is 2.21. The molecule has 0 spiro atoms. The molecule has 4 rings (SSSR count). The minimum Gasteiger partial charge on any atom is -0.378 e. The summed E-state index contributed by atoms with van der Waals surface area (Å²) in [5, 5.41) is 0. The fourth-order valence-corrected chi connectivity index (χ4v) is 5.04. The first-order valence-electron chi connectivity index (χ1n) is 11.4. The molecule has 0 radical (unpaired) electrons. The number of rotatable bonds is 4. The van der Waals surface area contributed by atoms with Crippen LogP contribution in [0, 0.1) is 0 Å². The molecule has 162 valence electrons. The van der Waals surface area contributed by atoms with Gasteiger partial charge < -0.3 is 9.38 Å². The largest absolute Gasteiger partial charge is 0.378 e. The number of anilines is 1. The lowest BCUT2D eigenvalue weighted by atomic mass is 9.63. The molecule has 2 aliphatic carbocycles. The van der Waals surface area contributed by atoms with Gasteiger partial charge in [-0.05, 0) is 69.7 Å². The van der Waals surface area contributed by atoms with Gasteiger partial charge in [0.2, 0.25) is 0 Å². The van der Waals surface area contributed by atoms with Crippen molar-refractivity contribution < 1.29 is 4.48 Å². The summed E-state index contributed by atoms with van der Waals surface area (Å²) in [6.07, 6.45) is 8.35. The molecule has 0 bridgehead atoms. The van der Waals surface area contributed by atoms with Gasteiger partial charge >= 0.3 is 0 Å². The van der Waals surface area contributed by atoms with E-state index in [1.807, 2.05) is 0 Å². The van der Waals surface area contributed by atoms with Crippen LogP contribution in [0.4, 0.5) is 5.69 Å². The number of aryl methyl sites for hydroxylation is 1. The number of likely N-dealkylation sites (N-methyl/N-ethyl adjacent to an activating group) is 1. The van der Waals surface area contributed by atoms with Crippen LogP contribution >= 0.6 is 0 Å². The molecule has 0 fully saturated rings. The molecule has 2 heteroatoms. The highest BCUT2D eigenvalue weighted by Gasteiger charge is 2.40. The van der Waals surface area contributed by atoms with Gasteiger partial charge in [-0.2, -0.15) is 0 Å². The van der Waals surface area contributed by atoms with E-state index in [2.05, 4.69) is 122 Å². The van der Waals surface area contributed by atoms with Crippen molar-refractivity contribution in [2.45, 2.75) is 38.6 Å². The first kappa shape index (κ1) is 21.6. The van der Waals surface area contributed by atoms with Gasteiger partial charge in [-0.15, -0.1) is 0 Å². The Kier molecular flexibility index (Phi) is 5.26. The second-order valence-electron chi connectivity index (χ2n) is 10.6. The van der Waals surface area contributed by atoms with Crippen LogP contribution in [0.2, 0.25) is 0 Å². The summed E-state index contributed by atoms with van der Waals surface area (Å²) in [5.41, 5.74) is 11.0. The standard InChI is InChI=1S/C29H37N2/c1-9-20-12-10-11-13-23(20)28-24-16-14-21(30(4)5)18-26(24)29(2,3)27-19-22(31(6,7)8)15-17-25(27)28/h10-19,22H,9H2,1-8H3/q+1. The van der Waals surface area contributed by atoms with Crippen LogP contribution in [0.1, 0.15) is 43.0 Å². The summed E-state index contributed by atoms with van der Waals surface area (Å²) in [7, 11) is 11.1. The minimum atomic E-state index is -0.0560. The number of allylic oxidation sites excluding steroid dienone is 3. The molecular formula is C29H37N2+. The topological polar surface area (TPSA) is 3.24 Å². The third-order valence-electron chi connectivity index (χ3n) is 7.05. The Morgan fingerprint density at radius 2 is 1.68 bits per heavy atom. The lowest BCUT2D eigenvalue weighted by Gasteiger charge is -2.42. The van der Waals surface area contributed by atoms with E-state index >= 15 is 0 Å². The fraction of sp³-hybridized carbons (Fsp3) is 0.379. The highest BCUT2D eigenvalue weighted by Crippen LogP contribution is 2.51. The third kappa shape index (κ3) is 3.57. The Morgan fingerprint density at radius 1 is 0.968 bits per heavy atom. The number of hydrogen-bond donors (Lipinski definition) is 0. The highest BCUT2D eigenvalue weighted by atomic mass is 15.3. The zero-order valence-electron chi connectivity index (χ0n) is 20.5. The average Bonchev–Trinajstić information content (AvgIpc) is 2.73. The number of quaternary nitrogens is 1. The van der Waals surface area contributed by atoms with Crippen LogP contribution in [-0.2, 0) is 11.8 Å². The minimum absolute atomic E-state index is 0.0560. The van der Waals surface area contributed by atoms with E-state index in [0.717, 1.165) is 10.9 Å². The summed E-state index contributed by atoms with van der Waals surface area (Å²) in [5.74, 6) is 0. The van der Waals surface area contributed by atoms with E-state index < -0.39 is 0 Å². The van der Waals surface area contributed by atoms with Crippen LogP contribution in [0.3, 0.4) is 0 Å². The molecule has 0 heterocycles. The Bertz CT molecular complexity index is 1100. The molecule has 1 atom stereocenters. The second-order valence-corrected chi connectivity index (χ2v) is 10.6. The van der Waals surface area contributed by atoms with Crippen LogP contribution in [0.5, 0.6) is 0 Å². The maximum atomic E-state index is 2.52. The molecule has 2 aromatic carbocycles. The zero-order chi connectivity index (χ0) is 22.6. The van der Waals surface area contributed by atoms with Gasteiger partial charge in [-0.25, -0.2) is 0 Å². The maximum absolute atomic E-state index is 2.52. The maximum Gasteiger partial charge on any atom is 0.127 e. The molecule has 1 unspecified atom stereocenters. The smallest absolute Gasteiger partial charge is 0.127 e. The Labute approximate surface area is 188 Å². The fourth-order valence-electron chi connectivity index (χ4n) is 5.04. The van der Waals surface area contributed by atoms with Gasteiger partial charge in [-0.3, -0.25) is 0 Å². The molecule has 0 saturated heterocycles. The summed E-state index contributed by atoms with van der Waals surface area (Å²) >= 11 is 0. The Morgan fingerprint density at radius 3 is 2.32 bits per heavy atom. The number of hydrogen-bond acceptors (Lipinski definition) is 1. The zero-order valence-corrected chi connectivity index (χ0v) is 20.5. The highest BCUT2D eigenvalue weighted by molar-refractivity contribution is 5.93. The van der Waals surface area contributed by atoms with Gasteiger partial charge in [0.1, 0.15) is 6.04 Å². The van der Waals surface area contributed by atoms with Gasteiger partial charge in [-0.1, -0.05) is 57.2 Å². The number of fused-ring (bicyclic) bond motifs is 2. The lowest BCUT2D eigenvalue weighted by molar-refractivity contribution is -0.882. The van der Waals surface area contributed by atoms with Crippen LogP contribution in [0.25, 0.3) is 5.57 Å². The van der Waals surface area contributed by atoms with Crippen molar-refractivity contribution in [3.05, 3.63) is 94.1 Å². The summed E-state index contributed by atoms with van der Waals surface area (Å²) in [6.45, 7) is 7.05. The predicted octanol–water partition coefficient (Wildman–Crippen LogP) is 5.98. The SMILES string of the molecule is CCc1ccccc1C1=C2C=CC([N+](C)(C)C)C=C2C(C)(C)c2cc(N(C)C)ccc21. The predicted molar refractivity (Wildman–Crippen MR) is 135 cm³/mol. The molecule has 31 heavy (non-hydrogen) atoms. The lowest BCUT2D eigenvalue weighted by Crippen LogP contribution is -2.44. The van der Waals surface area contributed by atoms with Crippen LogP contribution in [-0.4, -0.2) is 45.8 Å². The van der Waals surface area contributed by atoms with Gasteiger partial charge in [0.25, 0.3) is 0 Å². The molecule has 2 aliphatic rings. The van der Waals surface area contributed by atoms with E-state index in [4.69, 9.17) is 0 Å². The number of nitrogens with zero attached hydrogens (tertiary/aromatic N) is 2. The molecule has 2 aromatic rings. The van der Waals surface area contributed by atoms with Gasteiger partial charge in [0.15, 0.2) is 0 Å². The molecule has 0 saturated carbocycles. The molecule has 0 N–H and O–H groups in total. The molecule has 0 amide bonds. The van der Waals surface area contributed by atoms with Crippen molar-refractivity contribution in [3.8, 4) is 0 Å². The van der Waals surface area contributed by atoms with E-state index in [-0.39, 0.29) is 5.41 Å². The molecule has 0 aliphatic heterocycles. The van der Waals surface area contributed by atoms with Gasteiger partial charge in [0.05, 0.1) is 21.1 Å². The monoisotopic (exact) mass is 413 g/mol. The van der Waals surface area contributed by atoms with Crippen molar-refractivity contribution in [2.75, 3.05) is 40.1 Å². The second kappa shape index (κ2) is 7.53. The van der Waals surface area contributed by atoms with E-state index in [1.54, 1.807) is 0 Å². The molecule has 0 aromatic heterocycles. The summed E-state index contributed by atoms with van der Waals surface area (Å²) in [6, 6.07) is 16.3. The van der Waals surface area contributed by atoms with E-state index in [0.29, 0.717) is 6.04 Å². The number of benzene rings is 2. The Hall–Kier alpha value is -2.58. The van der Waals surface area contributed by atoms with Crippen molar-refractivity contribution in [3.63, 3.8) is 0 Å². The molecular weight excluding hydrogens is 376 g/mol. The van der Waals surface area contributed by atoms with Crippen LogP contribution < -0.4 is 4.90 Å². The molecule has 2 nitrogen and oxygen atoms in total. The van der Waals surface area contributed by atoms with Crippen molar-refractivity contribution in [1.29, 1.82) is 0 Å². The van der Waals surface area contributed by atoms with Crippen LogP contribution in [0.15, 0.2) is 71.8 Å². The quantitative estimate of drug-likeness (QED) is 0.557.